The van der Waals surface area contributed by atoms with Crippen LogP contribution < -0.4 is 10.2 Å². The van der Waals surface area contributed by atoms with Crippen LogP contribution in [-0.2, 0) is 0 Å². The van der Waals surface area contributed by atoms with Crippen molar-refractivity contribution in [2.24, 2.45) is 5.10 Å². The number of carbonyl (C=O) groups is 1. The van der Waals surface area contributed by atoms with E-state index in [4.69, 9.17) is 4.74 Å². The van der Waals surface area contributed by atoms with Crippen molar-refractivity contribution in [3.05, 3.63) is 111 Å². The molecule has 0 aliphatic rings. The predicted octanol–water partition coefficient (Wildman–Crippen LogP) is 6.22. The molecule has 0 saturated heterocycles. The summed E-state index contributed by atoms with van der Waals surface area (Å²) in [7, 11) is 0. The monoisotopic (exact) mass is 496 g/mol. The number of benzene rings is 3. The number of nitrogens with zero attached hydrogens (tertiary/aromatic N) is 3. The molecule has 1 amide bonds. The zero-order chi connectivity index (χ0) is 26.4. The first-order chi connectivity index (χ1) is 17.9. The minimum atomic E-state index is -0.405. The molecule has 0 bridgehead atoms. The van der Waals surface area contributed by atoms with Gasteiger partial charge in [-0.1, -0.05) is 19.1 Å². The third-order valence-corrected chi connectivity index (χ3v) is 5.97. The standard InChI is InChI=1S/C29H28N4O4/c1-4-17-37-28-15-9-24(10-16-28)29(34)31-30-19-25-18-20(2)32(21(25)3)26-11-5-22(6-12-26)23-7-13-27(14-8-23)33(35)36/h5-16,18-19H,4,17H2,1-3H3,(H,31,34)/b30-19-. The van der Waals surface area contributed by atoms with E-state index in [0.717, 1.165) is 45.9 Å². The van der Waals surface area contributed by atoms with Crippen LogP contribution in [0.25, 0.3) is 16.8 Å². The second kappa shape index (κ2) is 11.3. The second-order valence-electron chi connectivity index (χ2n) is 8.58. The van der Waals surface area contributed by atoms with E-state index in [1.165, 1.54) is 12.1 Å². The highest BCUT2D eigenvalue weighted by molar-refractivity contribution is 5.95. The number of carbonyl (C=O) groups excluding carboxylic acids is 1. The molecule has 4 rings (SSSR count). The van der Waals surface area contributed by atoms with Crippen LogP contribution in [0.2, 0.25) is 0 Å². The van der Waals surface area contributed by atoms with Gasteiger partial charge in [0.1, 0.15) is 5.75 Å². The smallest absolute Gasteiger partial charge is 0.271 e. The summed E-state index contributed by atoms with van der Waals surface area (Å²) in [6.07, 6.45) is 2.56. The van der Waals surface area contributed by atoms with Crippen molar-refractivity contribution in [1.29, 1.82) is 0 Å². The van der Waals surface area contributed by atoms with E-state index >= 15 is 0 Å². The number of rotatable bonds is 9. The molecule has 3 aromatic carbocycles. The summed E-state index contributed by atoms with van der Waals surface area (Å²) >= 11 is 0. The molecule has 188 valence electrons. The van der Waals surface area contributed by atoms with Gasteiger partial charge < -0.3 is 9.30 Å². The van der Waals surface area contributed by atoms with Gasteiger partial charge in [-0.15, -0.1) is 0 Å². The Labute approximate surface area is 215 Å². The van der Waals surface area contributed by atoms with Gasteiger partial charge in [-0.25, -0.2) is 5.43 Å². The average molecular weight is 497 g/mol. The Morgan fingerprint density at radius 3 is 2.22 bits per heavy atom. The number of hydrogen-bond acceptors (Lipinski definition) is 5. The molecule has 8 nitrogen and oxygen atoms in total. The van der Waals surface area contributed by atoms with Crippen molar-refractivity contribution in [3.63, 3.8) is 0 Å². The zero-order valence-electron chi connectivity index (χ0n) is 21.0. The first kappa shape index (κ1) is 25.4. The van der Waals surface area contributed by atoms with Crippen LogP contribution in [-0.4, -0.2) is 28.2 Å². The fourth-order valence-electron chi connectivity index (χ4n) is 4.04. The Hall–Kier alpha value is -4.72. The number of aromatic nitrogens is 1. The molecule has 37 heavy (non-hydrogen) atoms. The molecule has 0 spiro atoms. The minimum Gasteiger partial charge on any atom is -0.494 e. The fourth-order valence-corrected chi connectivity index (χ4v) is 4.04. The topological polar surface area (TPSA) is 98.8 Å². The number of amides is 1. The average Bonchev–Trinajstić information content (AvgIpc) is 3.20. The third-order valence-electron chi connectivity index (χ3n) is 5.97. The number of nitro groups is 1. The number of hydrazone groups is 1. The fraction of sp³-hybridized carbons (Fsp3) is 0.172. The lowest BCUT2D eigenvalue weighted by atomic mass is 10.0. The Morgan fingerprint density at radius 1 is 1.00 bits per heavy atom. The van der Waals surface area contributed by atoms with Crippen LogP contribution in [0.3, 0.4) is 0 Å². The van der Waals surface area contributed by atoms with E-state index < -0.39 is 4.92 Å². The van der Waals surface area contributed by atoms with E-state index in [-0.39, 0.29) is 11.6 Å². The normalized spacial score (nSPS) is 11.0. The van der Waals surface area contributed by atoms with Crippen LogP contribution in [0.1, 0.15) is 40.7 Å². The molecule has 8 heteroatoms. The van der Waals surface area contributed by atoms with Gasteiger partial charge in [0.05, 0.1) is 17.7 Å². The maximum absolute atomic E-state index is 12.4. The van der Waals surface area contributed by atoms with Gasteiger partial charge in [0.15, 0.2) is 0 Å². The van der Waals surface area contributed by atoms with Crippen LogP contribution in [0.4, 0.5) is 5.69 Å². The van der Waals surface area contributed by atoms with Gasteiger partial charge in [0.2, 0.25) is 0 Å². The molecule has 1 N–H and O–H groups in total. The third kappa shape index (κ3) is 5.92. The van der Waals surface area contributed by atoms with E-state index in [0.29, 0.717) is 12.2 Å². The number of aryl methyl sites for hydroxylation is 1. The molecule has 0 radical (unpaired) electrons. The molecular weight excluding hydrogens is 468 g/mol. The van der Waals surface area contributed by atoms with Crippen molar-refractivity contribution in [2.45, 2.75) is 27.2 Å². The van der Waals surface area contributed by atoms with Gasteiger partial charge in [0, 0.05) is 40.3 Å². The Bertz CT molecular complexity index is 1420. The van der Waals surface area contributed by atoms with E-state index in [9.17, 15) is 14.9 Å². The molecule has 4 aromatic rings. The van der Waals surface area contributed by atoms with Gasteiger partial charge in [0.25, 0.3) is 11.6 Å². The molecule has 0 aliphatic heterocycles. The molecule has 1 aromatic heterocycles. The summed E-state index contributed by atoms with van der Waals surface area (Å²) in [5, 5.41) is 15.0. The minimum absolute atomic E-state index is 0.0688. The first-order valence-corrected chi connectivity index (χ1v) is 12.0. The summed E-state index contributed by atoms with van der Waals surface area (Å²) in [4.78, 5) is 22.9. The lowest BCUT2D eigenvalue weighted by molar-refractivity contribution is -0.384. The molecule has 0 unspecified atom stereocenters. The number of nitro benzene ring substituents is 1. The molecule has 0 fully saturated rings. The van der Waals surface area contributed by atoms with Crippen molar-refractivity contribution in [3.8, 4) is 22.6 Å². The summed E-state index contributed by atoms with van der Waals surface area (Å²) in [6, 6.07) is 23.5. The van der Waals surface area contributed by atoms with Crippen LogP contribution in [0, 0.1) is 24.0 Å². The predicted molar refractivity (Wildman–Crippen MR) is 145 cm³/mol. The lowest BCUT2D eigenvalue weighted by Gasteiger charge is -2.11. The number of non-ortho nitro benzene ring substituents is 1. The van der Waals surface area contributed by atoms with E-state index in [1.807, 2.05) is 51.1 Å². The highest BCUT2D eigenvalue weighted by Crippen LogP contribution is 2.26. The van der Waals surface area contributed by atoms with Gasteiger partial charge in [-0.3, -0.25) is 14.9 Å². The maximum Gasteiger partial charge on any atom is 0.271 e. The summed E-state index contributed by atoms with van der Waals surface area (Å²) in [6.45, 7) is 6.68. The molecule has 0 atom stereocenters. The van der Waals surface area contributed by atoms with E-state index in [1.54, 1.807) is 42.6 Å². The first-order valence-electron chi connectivity index (χ1n) is 12.0. The second-order valence-corrected chi connectivity index (χ2v) is 8.58. The van der Waals surface area contributed by atoms with E-state index in [2.05, 4.69) is 15.1 Å². The van der Waals surface area contributed by atoms with Gasteiger partial charge >= 0.3 is 0 Å². The zero-order valence-corrected chi connectivity index (χ0v) is 21.0. The number of ether oxygens (including phenoxy) is 1. The Morgan fingerprint density at radius 2 is 1.62 bits per heavy atom. The van der Waals surface area contributed by atoms with Crippen molar-refractivity contribution < 1.29 is 14.5 Å². The molecule has 1 heterocycles. The summed E-state index contributed by atoms with van der Waals surface area (Å²) in [5.41, 5.74) is 8.90. The number of hydrogen-bond donors (Lipinski definition) is 1. The van der Waals surface area contributed by atoms with Crippen LogP contribution in [0.5, 0.6) is 5.75 Å². The molecule has 0 saturated carbocycles. The summed E-state index contributed by atoms with van der Waals surface area (Å²) < 4.78 is 7.66. The van der Waals surface area contributed by atoms with Crippen LogP contribution >= 0.6 is 0 Å². The SMILES string of the molecule is CCCOc1ccc(C(=O)N/N=C\c2cc(C)n(-c3ccc(-c4ccc([N+](=O)[O-])cc4)cc3)c2C)cc1. The molecular formula is C29H28N4O4. The van der Waals surface area contributed by atoms with Crippen LogP contribution in [0.15, 0.2) is 84.0 Å². The van der Waals surface area contributed by atoms with Gasteiger partial charge in [-0.2, -0.15) is 5.10 Å². The molecule has 0 aliphatic carbocycles. The highest BCUT2D eigenvalue weighted by Gasteiger charge is 2.11. The highest BCUT2D eigenvalue weighted by atomic mass is 16.6. The largest absolute Gasteiger partial charge is 0.494 e. The Balaban J connectivity index is 1.44. The quantitative estimate of drug-likeness (QED) is 0.169. The Kier molecular flexibility index (Phi) is 7.78. The van der Waals surface area contributed by atoms with Crippen molar-refractivity contribution in [2.75, 3.05) is 6.61 Å². The maximum atomic E-state index is 12.4. The number of nitrogens with one attached hydrogen (secondary N) is 1. The van der Waals surface area contributed by atoms with Crippen molar-refractivity contribution >= 4 is 17.8 Å². The summed E-state index contributed by atoms with van der Waals surface area (Å²) in [5.74, 6) is 0.434. The van der Waals surface area contributed by atoms with Gasteiger partial charge in [-0.05, 0) is 86.0 Å². The van der Waals surface area contributed by atoms with Crippen molar-refractivity contribution in [1.82, 2.24) is 9.99 Å². The lowest BCUT2D eigenvalue weighted by Crippen LogP contribution is -2.17.